The maximum Gasteiger partial charge on any atom is 0.425 e. The Labute approximate surface area is 344 Å². The van der Waals surface area contributed by atoms with Crippen LogP contribution in [0.25, 0.3) is 11.3 Å². The third-order valence-corrected chi connectivity index (χ3v) is 9.81. The van der Waals surface area contributed by atoms with Crippen molar-refractivity contribution in [3.05, 3.63) is 95.5 Å². The van der Waals surface area contributed by atoms with Gasteiger partial charge in [0.1, 0.15) is 35.7 Å². The predicted octanol–water partition coefficient (Wildman–Crippen LogP) is 6.15. The molecule has 0 bridgehead atoms. The minimum Gasteiger partial charge on any atom is -0.453 e. The summed E-state index contributed by atoms with van der Waals surface area (Å²) in [6.45, 7) is 4.88. The van der Waals surface area contributed by atoms with Gasteiger partial charge in [-0.05, 0) is 72.6 Å². The number of alkyl carbamates (subject to hydrolysis) is 1. The number of nitrogens with zero attached hydrogens (tertiary/aromatic N) is 5. The summed E-state index contributed by atoms with van der Waals surface area (Å²) in [7, 11) is 2.58. The van der Waals surface area contributed by atoms with Gasteiger partial charge in [0.15, 0.2) is 0 Å². The van der Waals surface area contributed by atoms with Crippen molar-refractivity contribution in [1.82, 2.24) is 40.2 Å². The highest BCUT2D eigenvalue weighted by molar-refractivity contribution is 5.86. The van der Waals surface area contributed by atoms with Gasteiger partial charge >= 0.3 is 12.2 Å². The van der Waals surface area contributed by atoms with Crippen LogP contribution < -0.4 is 5.32 Å². The van der Waals surface area contributed by atoms with Gasteiger partial charge < -0.3 is 34.5 Å². The summed E-state index contributed by atoms with van der Waals surface area (Å²) < 4.78 is 9.84. The lowest BCUT2D eigenvalue weighted by atomic mass is 10.0. The number of ether oxygens (including phenoxy) is 2. The van der Waals surface area contributed by atoms with E-state index in [1.54, 1.807) is 17.3 Å². The van der Waals surface area contributed by atoms with Gasteiger partial charge in [0.05, 0.1) is 44.4 Å². The van der Waals surface area contributed by atoms with Crippen LogP contribution in [0.5, 0.6) is 0 Å². The van der Waals surface area contributed by atoms with Crippen LogP contribution in [0.2, 0.25) is 0 Å². The number of carbonyl (C=O) groups excluding carboxylic acids is 4. The molecule has 2 aromatic carbocycles. The number of aromatic amines is 2. The minimum atomic E-state index is -0.846. The third-order valence-electron chi connectivity index (χ3n) is 9.81. The molecule has 3 N–H and O–H groups in total. The lowest BCUT2D eigenvalue weighted by Gasteiger charge is -2.37. The van der Waals surface area contributed by atoms with Crippen molar-refractivity contribution < 1.29 is 28.7 Å². The van der Waals surface area contributed by atoms with E-state index in [9.17, 15) is 19.2 Å². The highest BCUT2D eigenvalue weighted by atomic mass is 35.5. The number of nitrogens with one attached hydrogen (secondary N) is 3. The summed E-state index contributed by atoms with van der Waals surface area (Å²) >= 11 is 0. The highest BCUT2D eigenvalue weighted by Crippen LogP contribution is 2.37. The number of aldehydes is 1. The van der Waals surface area contributed by atoms with Crippen molar-refractivity contribution in [2.75, 3.05) is 27.3 Å². The fourth-order valence-corrected chi connectivity index (χ4v) is 7.04. The molecule has 57 heavy (non-hydrogen) atoms. The normalized spacial score (nSPS) is 17.0. The molecule has 6 rings (SSSR count). The molecule has 2 aliphatic heterocycles. The van der Waals surface area contributed by atoms with Crippen LogP contribution in [-0.2, 0) is 19.1 Å². The van der Waals surface area contributed by atoms with Crippen molar-refractivity contribution in [2.24, 2.45) is 5.92 Å². The van der Waals surface area contributed by atoms with Crippen LogP contribution in [0.1, 0.15) is 86.1 Å². The molecule has 0 saturated carbocycles. The number of carbonyl (C=O) groups is 4. The number of hydrazine groups is 1. The third kappa shape index (κ3) is 10.1. The van der Waals surface area contributed by atoms with Gasteiger partial charge in [-0.1, -0.05) is 62.2 Å². The van der Waals surface area contributed by atoms with Crippen LogP contribution in [0.15, 0.2) is 67.0 Å². The fourth-order valence-electron chi connectivity index (χ4n) is 7.04. The largest absolute Gasteiger partial charge is 0.453 e. The number of rotatable bonds is 10. The second-order valence-corrected chi connectivity index (χ2v) is 13.6. The molecule has 14 nitrogen and oxygen atoms in total. The fraction of sp³-hybridized carbons (Fsp3) is 0.366. The SMILES string of the molecule is COC(=O)N[C@H](C(=O)N1CCC[C@H]1c1ncc(C#CC#Cc2ccc(-c3cnc([C@@H]4CCCN4N(C(=O)OC)[C@H](C=O)c4ccccc4)[nH]3)cc2)[nH]1)C(C)C.Cl.Cl. The Morgan fingerprint density at radius 2 is 1.54 bits per heavy atom. The monoisotopic (exact) mass is 816 g/mol. The molecule has 3 amide bonds. The Morgan fingerprint density at radius 3 is 2.23 bits per heavy atom. The zero-order chi connectivity index (χ0) is 38.9. The number of hydrogen-bond donors (Lipinski definition) is 3. The first-order valence-corrected chi connectivity index (χ1v) is 18.2. The van der Waals surface area contributed by atoms with E-state index >= 15 is 0 Å². The summed E-state index contributed by atoms with van der Waals surface area (Å²) in [5.41, 5.74) is 3.76. The van der Waals surface area contributed by atoms with E-state index in [0.717, 1.165) is 48.8 Å². The van der Waals surface area contributed by atoms with Crippen LogP contribution in [0.3, 0.4) is 0 Å². The topological polar surface area (TPSA) is 166 Å². The van der Waals surface area contributed by atoms with Crippen molar-refractivity contribution in [1.29, 1.82) is 0 Å². The lowest BCUT2D eigenvalue weighted by Crippen LogP contribution is -2.51. The number of benzene rings is 2. The quantitative estimate of drug-likeness (QED) is 0.126. The van der Waals surface area contributed by atoms with Crippen LogP contribution >= 0.6 is 24.8 Å². The number of hydrogen-bond acceptors (Lipinski definition) is 9. The van der Waals surface area contributed by atoms with Crippen molar-refractivity contribution in [3.63, 3.8) is 0 Å². The van der Waals surface area contributed by atoms with E-state index in [-0.39, 0.29) is 48.7 Å². The minimum absolute atomic E-state index is 0. The number of likely N-dealkylation sites (tertiary alicyclic amines) is 1. The predicted molar refractivity (Wildman–Crippen MR) is 217 cm³/mol. The molecule has 0 radical (unpaired) electrons. The first kappa shape index (κ1) is 43.9. The van der Waals surface area contributed by atoms with Crippen LogP contribution in [-0.4, -0.2) is 92.6 Å². The van der Waals surface area contributed by atoms with Crippen LogP contribution in [0.4, 0.5) is 9.59 Å². The second kappa shape index (κ2) is 20.4. The number of halogens is 2. The zero-order valence-corrected chi connectivity index (χ0v) is 33.7. The Balaban J connectivity index is 0.00000360. The molecule has 2 aliphatic rings. The number of aromatic nitrogens is 4. The molecule has 4 aromatic rings. The van der Waals surface area contributed by atoms with Gasteiger partial charge in [-0.25, -0.2) is 29.6 Å². The molecule has 4 heterocycles. The second-order valence-electron chi connectivity index (χ2n) is 13.6. The molecule has 2 aromatic heterocycles. The van der Waals surface area contributed by atoms with Crippen LogP contribution in [0, 0.1) is 29.6 Å². The Hall–Kier alpha value is -5.80. The van der Waals surface area contributed by atoms with Gasteiger partial charge in [-0.2, -0.15) is 0 Å². The Morgan fingerprint density at radius 1 is 0.877 bits per heavy atom. The molecule has 300 valence electrons. The van der Waals surface area contributed by atoms with Gasteiger partial charge in [0, 0.05) is 18.7 Å². The molecule has 0 aliphatic carbocycles. The van der Waals surface area contributed by atoms with Gasteiger partial charge in [-0.3, -0.25) is 4.79 Å². The number of H-pyrrole nitrogens is 2. The zero-order valence-electron chi connectivity index (χ0n) is 32.1. The van der Waals surface area contributed by atoms with E-state index in [1.165, 1.54) is 19.2 Å². The summed E-state index contributed by atoms with van der Waals surface area (Å²) in [5, 5.41) is 5.92. The van der Waals surface area contributed by atoms with E-state index in [2.05, 4.69) is 48.9 Å². The Bertz CT molecular complexity index is 2120. The maximum absolute atomic E-state index is 13.4. The van der Waals surface area contributed by atoms with E-state index in [0.29, 0.717) is 36.0 Å². The maximum atomic E-state index is 13.4. The molecule has 2 saturated heterocycles. The molecule has 2 fully saturated rings. The first-order chi connectivity index (χ1) is 26.7. The highest BCUT2D eigenvalue weighted by Gasteiger charge is 2.40. The molecular weight excluding hydrogens is 771 g/mol. The summed E-state index contributed by atoms with van der Waals surface area (Å²) in [6.07, 6.45) is 6.00. The van der Waals surface area contributed by atoms with Gasteiger partial charge in [0.2, 0.25) is 5.91 Å². The average molecular weight is 818 g/mol. The summed E-state index contributed by atoms with van der Waals surface area (Å²) in [4.78, 5) is 68.2. The number of imidazole rings is 2. The van der Waals surface area contributed by atoms with Gasteiger partial charge in [0.25, 0.3) is 0 Å². The van der Waals surface area contributed by atoms with E-state index in [1.807, 2.05) is 73.5 Å². The molecule has 0 spiro atoms. The van der Waals surface area contributed by atoms with Crippen molar-refractivity contribution in [3.8, 4) is 34.9 Å². The lowest BCUT2D eigenvalue weighted by molar-refractivity contribution is -0.135. The first-order valence-electron chi connectivity index (χ1n) is 18.2. The van der Waals surface area contributed by atoms with Gasteiger partial charge in [-0.15, -0.1) is 24.8 Å². The summed E-state index contributed by atoms with van der Waals surface area (Å²) in [6, 6.07) is 14.8. The average Bonchev–Trinajstić information content (AvgIpc) is 4.05. The van der Waals surface area contributed by atoms with E-state index in [4.69, 9.17) is 9.47 Å². The molecular formula is C41H46Cl2N8O6. The summed E-state index contributed by atoms with van der Waals surface area (Å²) in [5.74, 6) is 12.9. The van der Waals surface area contributed by atoms with Crippen molar-refractivity contribution >= 4 is 49.2 Å². The number of methoxy groups -OCH3 is 2. The Kier molecular flexibility index (Phi) is 15.7. The molecule has 16 heteroatoms. The standard InChI is InChI=1S/C41H44N8O6.2ClH/c1-27(2)36(46-40(52)54-3)39(51)47-22-10-16-33(47)37-42-24-31(44-37)15-9-8-12-28-18-20-29(21-19-28)32-25-43-38(45-32)34-17-11-23-48(34)49(41(53)55-4)35(26-50)30-13-6-5-7-14-30;;/h5-7,13-14,18-21,24-27,33-36H,10-11,16-17,22-23H2,1-4H3,(H,42,44)(H,43,45)(H,46,52);2*1H/t33-,34-,35+,36-;;/m0../s1. The smallest absolute Gasteiger partial charge is 0.425 e. The van der Waals surface area contributed by atoms with E-state index < -0.39 is 24.3 Å². The molecule has 0 unspecified atom stereocenters. The molecule has 4 atom stereocenters. The number of amides is 3. The van der Waals surface area contributed by atoms with Crippen molar-refractivity contribution in [2.45, 2.75) is 63.7 Å².